The van der Waals surface area contributed by atoms with Crippen LogP contribution in [0.3, 0.4) is 0 Å². The number of hydrogen-bond acceptors (Lipinski definition) is 3. The number of benzene rings is 1. The molecule has 1 fully saturated rings. The zero-order valence-electron chi connectivity index (χ0n) is 12.5. The van der Waals surface area contributed by atoms with E-state index in [4.69, 9.17) is 10.00 Å². The zero-order valence-corrected chi connectivity index (χ0v) is 12.5. The van der Waals surface area contributed by atoms with Crippen LogP contribution < -0.4 is 10.1 Å². The molecule has 3 heteroatoms. The number of rotatable bonds is 5. The molecule has 0 amide bonds. The SMILES string of the molecule is COc1ccc(CNCC2CCCC(C)C2)cc1C#N. The fourth-order valence-corrected chi connectivity index (χ4v) is 3.12. The quantitative estimate of drug-likeness (QED) is 0.892. The van der Waals surface area contributed by atoms with Gasteiger partial charge in [-0.25, -0.2) is 0 Å². The summed E-state index contributed by atoms with van der Waals surface area (Å²) in [5.74, 6) is 2.34. The third kappa shape index (κ3) is 3.98. The van der Waals surface area contributed by atoms with Crippen LogP contribution in [0.15, 0.2) is 18.2 Å². The van der Waals surface area contributed by atoms with Gasteiger partial charge in [-0.1, -0.05) is 25.8 Å². The minimum absolute atomic E-state index is 0.609. The first kappa shape index (κ1) is 14.9. The van der Waals surface area contributed by atoms with E-state index in [9.17, 15) is 0 Å². The highest BCUT2D eigenvalue weighted by Crippen LogP contribution is 2.28. The maximum atomic E-state index is 9.08. The molecule has 20 heavy (non-hydrogen) atoms. The number of nitrogens with one attached hydrogen (secondary N) is 1. The van der Waals surface area contributed by atoms with Gasteiger partial charge in [-0.05, 0) is 48.9 Å². The summed E-state index contributed by atoms with van der Waals surface area (Å²) in [6, 6.07) is 7.99. The van der Waals surface area contributed by atoms with Crippen molar-refractivity contribution in [2.24, 2.45) is 11.8 Å². The van der Waals surface area contributed by atoms with E-state index in [0.717, 1.165) is 30.5 Å². The lowest BCUT2D eigenvalue weighted by Crippen LogP contribution is -2.26. The van der Waals surface area contributed by atoms with Crippen LogP contribution in [-0.4, -0.2) is 13.7 Å². The summed E-state index contributed by atoms with van der Waals surface area (Å²) in [6.45, 7) is 4.26. The van der Waals surface area contributed by atoms with E-state index >= 15 is 0 Å². The Morgan fingerprint density at radius 3 is 2.95 bits per heavy atom. The molecule has 1 aromatic carbocycles. The van der Waals surface area contributed by atoms with E-state index in [1.54, 1.807) is 7.11 Å². The molecular weight excluding hydrogens is 248 g/mol. The molecule has 1 saturated carbocycles. The van der Waals surface area contributed by atoms with E-state index in [1.165, 1.54) is 25.7 Å². The summed E-state index contributed by atoms with van der Waals surface area (Å²) in [5, 5.41) is 12.6. The average Bonchev–Trinajstić information content (AvgIpc) is 2.47. The minimum atomic E-state index is 0.609. The van der Waals surface area contributed by atoms with Gasteiger partial charge in [-0.15, -0.1) is 0 Å². The van der Waals surface area contributed by atoms with Crippen LogP contribution in [0.4, 0.5) is 0 Å². The third-order valence-corrected chi connectivity index (χ3v) is 4.19. The number of nitrogens with zero attached hydrogens (tertiary/aromatic N) is 1. The molecule has 1 aliphatic carbocycles. The molecule has 0 radical (unpaired) electrons. The van der Waals surface area contributed by atoms with Crippen molar-refractivity contribution >= 4 is 0 Å². The predicted octanol–water partition coefficient (Wildman–Crippen LogP) is 3.48. The van der Waals surface area contributed by atoms with Crippen molar-refractivity contribution in [2.45, 2.75) is 39.2 Å². The molecule has 0 saturated heterocycles. The molecule has 1 aromatic rings. The van der Waals surface area contributed by atoms with Crippen LogP contribution >= 0.6 is 0 Å². The first-order valence-electron chi connectivity index (χ1n) is 7.50. The van der Waals surface area contributed by atoms with Gasteiger partial charge in [0.15, 0.2) is 0 Å². The second-order valence-electron chi connectivity index (χ2n) is 5.92. The smallest absolute Gasteiger partial charge is 0.136 e. The lowest BCUT2D eigenvalue weighted by Gasteiger charge is -2.26. The Hall–Kier alpha value is -1.53. The molecule has 3 nitrogen and oxygen atoms in total. The van der Waals surface area contributed by atoms with Gasteiger partial charge in [0, 0.05) is 6.54 Å². The van der Waals surface area contributed by atoms with E-state index in [2.05, 4.69) is 18.3 Å². The Kier molecular flexibility index (Phi) is 5.43. The molecule has 0 aromatic heterocycles. The standard InChI is InChI=1S/C17H24N2O/c1-13-4-3-5-14(8-13)11-19-12-15-6-7-17(20-2)16(9-15)10-18/h6-7,9,13-14,19H,3-5,8,11-12H2,1-2H3. The highest BCUT2D eigenvalue weighted by Gasteiger charge is 2.18. The van der Waals surface area contributed by atoms with Crippen LogP contribution in [-0.2, 0) is 6.54 Å². The Morgan fingerprint density at radius 1 is 1.40 bits per heavy atom. The Labute approximate surface area is 121 Å². The van der Waals surface area contributed by atoms with Gasteiger partial charge >= 0.3 is 0 Å². The molecule has 0 aliphatic heterocycles. The summed E-state index contributed by atoms with van der Waals surface area (Å²) in [7, 11) is 1.60. The fourth-order valence-electron chi connectivity index (χ4n) is 3.12. The molecule has 1 N–H and O–H groups in total. The first-order chi connectivity index (χ1) is 9.72. The monoisotopic (exact) mass is 272 g/mol. The fraction of sp³-hybridized carbons (Fsp3) is 0.588. The van der Waals surface area contributed by atoms with Crippen LogP contribution in [0.2, 0.25) is 0 Å². The summed E-state index contributed by atoms with van der Waals surface area (Å²) in [6.07, 6.45) is 5.46. The van der Waals surface area contributed by atoms with Gasteiger partial charge in [0.1, 0.15) is 11.8 Å². The van der Waals surface area contributed by atoms with Crippen LogP contribution in [0.5, 0.6) is 5.75 Å². The second kappa shape index (κ2) is 7.31. The van der Waals surface area contributed by atoms with Gasteiger partial charge in [-0.3, -0.25) is 0 Å². The van der Waals surface area contributed by atoms with Crippen molar-refractivity contribution in [3.63, 3.8) is 0 Å². The molecule has 0 heterocycles. The van der Waals surface area contributed by atoms with Gasteiger partial charge in [-0.2, -0.15) is 5.26 Å². The molecule has 0 bridgehead atoms. The van der Waals surface area contributed by atoms with Gasteiger partial charge in [0.2, 0.25) is 0 Å². The third-order valence-electron chi connectivity index (χ3n) is 4.19. The summed E-state index contributed by atoms with van der Waals surface area (Å²) < 4.78 is 5.16. The van der Waals surface area contributed by atoms with Crippen LogP contribution in [0.1, 0.15) is 43.7 Å². The molecule has 108 valence electrons. The highest BCUT2D eigenvalue weighted by molar-refractivity contribution is 5.45. The van der Waals surface area contributed by atoms with Crippen molar-refractivity contribution in [1.82, 2.24) is 5.32 Å². The van der Waals surface area contributed by atoms with Gasteiger partial charge in [0.25, 0.3) is 0 Å². The topological polar surface area (TPSA) is 45.0 Å². The van der Waals surface area contributed by atoms with E-state index in [1.807, 2.05) is 18.2 Å². The second-order valence-corrected chi connectivity index (χ2v) is 5.92. The van der Waals surface area contributed by atoms with E-state index in [-0.39, 0.29) is 0 Å². The summed E-state index contributed by atoms with van der Waals surface area (Å²) in [4.78, 5) is 0. The molecule has 0 spiro atoms. The maximum absolute atomic E-state index is 9.08. The van der Waals surface area contributed by atoms with Crippen molar-refractivity contribution in [3.8, 4) is 11.8 Å². The van der Waals surface area contributed by atoms with Crippen LogP contribution in [0.25, 0.3) is 0 Å². The van der Waals surface area contributed by atoms with E-state index in [0.29, 0.717) is 11.3 Å². The number of methoxy groups -OCH3 is 1. The lowest BCUT2D eigenvalue weighted by atomic mass is 9.82. The molecule has 1 aliphatic rings. The van der Waals surface area contributed by atoms with Crippen molar-refractivity contribution in [1.29, 1.82) is 5.26 Å². The van der Waals surface area contributed by atoms with Crippen LogP contribution in [0, 0.1) is 23.2 Å². The molecule has 2 unspecified atom stereocenters. The molecule has 2 atom stereocenters. The van der Waals surface area contributed by atoms with Crippen molar-refractivity contribution in [2.75, 3.05) is 13.7 Å². The molecular formula is C17H24N2O. The zero-order chi connectivity index (χ0) is 14.4. The van der Waals surface area contributed by atoms with Gasteiger partial charge in [0.05, 0.1) is 12.7 Å². The molecule has 2 rings (SSSR count). The van der Waals surface area contributed by atoms with Crippen molar-refractivity contribution < 1.29 is 4.74 Å². The maximum Gasteiger partial charge on any atom is 0.136 e. The highest BCUT2D eigenvalue weighted by atomic mass is 16.5. The van der Waals surface area contributed by atoms with Gasteiger partial charge < -0.3 is 10.1 Å². The summed E-state index contributed by atoms with van der Waals surface area (Å²) in [5.41, 5.74) is 1.75. The largest absolute Gasteiger partial charge is 0.495 e. The average molecular weight is 272 g/mol. The Bertz CT molecular complexity index is 478. The number of ether oxygens (including phenoxy) is 1. The van der Waals surface area contributed by atoms with Crippen molar-refractivity contribution in [3.05, 3.63) is 29.3 Å². The normalized spacial score (nSPS) is 22.2. The summed E-state index contributed by atoms with van der Waals surface area (Å²) >= 11 is 0. The lowest BCUT2D eigenvalue weighted by molar-refractivity contribution is 0.274. The number of nitriles is 1. The number of hydrogen-bond donors (Lipinski definition) is 1. The predicted molar refractivity (Wildman–Crippen MR) is 80.5 cm³/mol. The Morgan fingerprint density at radius 2 is 2.25 bits per heavy atom. The van der Waals surface area contributed by atoms with E-state index < -0.39 is 0 Å². The first-order valence-corrected chi connectivity index (χ1v) is 7.50. The minimum Gasteiger partial charge on any atom is -0.495 e. The Balaban J connectivity index is 1.83.